The number of aliphatic carboxylic acids is 1. The lowest BCUT2D eigenvalue weighted by Crippen LogP contribution is -2.41. The van der Waals surface area contributed by atoms with Gasteiger partial charge in [-0.15, -0.1) is 11.3 Å². The van der Waals surface area contributed by atoms with Gasteiger partial charge in [0.25, 0.3) is 0 Å². The Kier molecular flexibility index (Phi) is 3.83. The lowest BCUT2D eigenvalue weighted by molar-refractivity contribution is -0.142. The zero-order valence-electron chi connectivity index (χ0n) is 10.7. The van der Waals surface area contributed by atoms with E-state index < -0.39 is 5.97 Å². The van der Waals surface area contributed by atoms with E-state index in [2.05, 4.69) is 4.90 Å². The van der Waals surface area contributed by atoms with Crippen molar-refractivity contribution >= 4 is 28.9 Å². The third kappa shape index (κ3) is 2.67. The fourth-order valence-electron chi connectivity index (χ4n) is 3.64. The van der Waals surface area contributed by atoms with Crippen molar-refractivity contribution in [3.8, 4) is 0 Å². The van der Waals surface area contributed by atoms with Crippen LogP contribution in [0.25, 0.3) is 0 Å². The molecule has 3 nitrogen and oxygen atoms in total. The summed E-state index contributed by atoms with van der Waals surface area (Å²) in [6.45, 7) is 0.732. The van der Waals surface area contributed by atoms with Crippen molar-refractivity contribution in [3.63, 3.8) is 0 Å². The molecule has 3 unspecified atom stereocenters. The number of thiophene rings is 1. The molecule has 1 aromatic rings. The van der Waals surface area contributed by atoms with Gasteiger partial charge < -0.3 is 5.11 Å². The van der Waals surface area contributed by atoms with E-state index >= 15 is 0 Å². The zero-order chi connectivity index (χ0) is 13.4. The number of hydrogen-bond acceptors (Lipinski definition) is 3. The summed E-state index contributed by atoms with van der Waals surface area (Å²) in [4.78, 5) is 14.9. The second-order valence-electron chi connectivity index (χ2n) is 5.61. The minimum absolute atomic E-state index is 0.311. The number of hydrogen-bond donors (Lipinski definition) is 1. The van der Waals surface area contributed by atoms with Gasteiger partial charge in [0.1, 0.15) is 6.04 Å². The number of carboxylic acid groups (broad SMARTS) is 1. The fourth-order valence-corrected chi connectivity index (χ4v) is 4.72. The van der Waals surface area contributed by atoms with Crippen LogP contribution in [0, 0.1) is 5.92 Å². The third-order valence-corrected chi connectivity index (χ3v) is 5.74. The highest BCUT2D eigenvalue weighted by atomic mass is 35.5. The van der Waals surface area contributed by atoms with Gasteiger partial charge in [0.15, 0.2) is 0 Å². The van der Waals surface area contributed by atoms with Crippen molar-refractivity contribution in [3.05, 3.63) is 21.3 Å². The first kappa shape index (κ1) is 13.4. The molecule has 2 fully saturated rings. The minimum Gasteiger partial charge on any atom is -0.480 e. The number of likely N-dealkylation sites (tertiary alicyclic amines) is 1. The summed E-state index contributed by atoms with van der Waals surface area (Å²) in [6, 6.07) is 2.10. The summed E-state index contributed by atoms with van der Waals surface area (Å²) in [5.41, 5.74) is 0. The maximum absolute atomic E-state index is 11.5. The second kappa shape index (κ2) is 5.43. The monoisotopic (exact) mass is 299 g/mol. The van der Waals surface area contributed by atoms with Gasteiger partial charge >= 0.3 is 5.97 Å². The van der Waals surface area contributed by atoms with Crippen LogP contribution < -0.4 is 0 Å². The number of nitrogens with zero attached hydrogens (tertiary/aromatic N) is 1. The maximum Gasteiger partial charge on any atom is 0.320 e. The van der Waals surface area contributed by atoms with E-state index in [0.717, 1.165) is 24.4 Å². The van der Waals surface area contributed by atoms with Crippen LogP contribution in [0.4, 0.5) is 0 Å². The number of rotatable bonds is 3. The molecule has 1 N–H and O–H groups in total. The first-order valence-electron chi connectivity index (χ1n) is 6.86. The molecule has 0 aromatic carbocycles. The molecule has 0 spiro atoms. The molecule has 1 aromatic heterocycles. The SMILES string of the molecule is O=C(O)C1CC2CCCCC2N1Cc1cc(Cl)cs1. The summed E-state index contributed by atoms with van der Waals surface area (Å²) < 4.78 is 0. The molecule has 3 rings (SSSR count). The predicted octanol–water partition coefficient (Wildman–Crippen LogP) is 3.62. The molecule has 1 saturated heterocycles. The largest absolute Gasteiger partial charge is 0.480 e. The average molecular weight is 300 g/mol. The molecule has 104 valence electrons. The van der Waals surface area contributed by atoms with Crippen LogP contribution in [0.2, 0.25) is 5.02 Å². The smallest absolute Gasteiger partial charge is 0.320 e. The summed E-state index contributed by atoms with van der Waals surface area (Å²) in [7, 11) is 0. The molecule has 2 heterocycles. The first-order chi connectivity index (χ1) is 9.15. The van der Waals surface area contributed by atoms with Crippen molar-refractivity contribution < 1.29 is 9.90 Å². The van der Waals surface area contributed by atoms with Gasteiger partial charge in [0.05, 0.1) is 5.02 Å². The fraction of sp³-hybridized carbons (Fsp3) is 0.643. The van der Waals surface area contributed by atoms with E-state index in [4.69, 9.17) is 11.6 Å². The van der Waals surface area contributed by atoms with Crippen LogP contribution in [0.3, 0.4) is 0 Å². The highest BCUT2D eigenvalue weighted by Gasteiger charge is 2.45. The summed E-state index contributed by atoms with van der Waals surface area (Å²) >= 11 is 7.58. The second-order valence-corrected chi connectivity index (χ2v) is 7.04. The molecule has 19 heavy (non-hydrogen) atoms. The topological polar surface area (TPSA) is 40.5 Å². The molecule has 3 atom stereocenters. The zero-order valence-corrected chi connectivity index (χ0v) is 12.3. The summed E-state index contributed by atoms with van der Waals surface area (Å²) in [6.07, 6.45) is 5.64. The van der Waals surface area contributed by atoms with Crippen LogP contribution in [0.15, 0.2) is 11.4 Å². The first-order valence-corrected chi connectivity index (χ1v) is 8.12. The van der Waals surface area contributed by atoms with E-state index in [-0.39, 0.29) is 6.04 Å². The Balaban J connectivity index is 1.80. The number of carboxylic acids is 1. The van der Waals surface area contributed by atoms with E-state index in [9.17, 15) is 9.90 Å². The standard InChI is InChI=1S/C14H18ClNO2S/c15-10-6-11(19-8-10)7-16-12-4-2-1-3-9(12)5-13(16)14(17)18/h6,8-9,12-13H,1-5,7H2,(H,17,18). The van der Waals surface area contributed by atoms with Crippen molar-refractivity contribution in [1.29, 1.82) is 0 Å². The van der Waals surface area contributed by atoms with Crippen LogP contribution in [-0.2, 0) is 11.3 Å². The van der Waals surface area contributed by atoms with Crippen LogP contribution in [0.5, 0.6) is 0 Å². The van der Waals surface area contributed by atoms with Gasteiger partial charge in [-0.05, 0) is 31.2 Å². The number of fused-ring (bicyclic) bond motifs is 1. The van der Waals surface area contributed by atoms with Crippen molar-refractivity contribution in [2.75, 3.05) is 0 Å². The Morgan fingerprint density at radius 2 is 2.26 bits per heavy atom. The molecular weight excluding hydrogens is 282 g/mol. The molecule has 0 bridgehead atoms. The van der Waals surface area contributed by atoms with E-state index in [1.54, 1.807) is 11.3 Å². The van der Waals surface area contributed by atoms with Gasteiger partial charge in [-0.1, -0.05) is 24.4 Å². The molecule has 1 saturated carbocycles. The predicted molar refractivity (Wildman–Crippen MR) is 76.7 cm³/mol. The van der Waals surface area contributed by atoms with E-state index in [0.29, 0.717) is 12.0 Å². The molecule has 1 aliphatic heterocycles. The van der Waals surface area contributed by atoms with E-state index in [1.165, 1.54) is 24.1 Å². The van der Waals surface area contributed by atoms with E-state index in [1.807, 2.05) is 11.4 Å². The van der Waals surface area contributed by atoms with Gasteiger partial charge in [0.2, 0.25) is 0 Å². The Morgan fingerprint density at radius 3 is 2.95 bits per heavy atom. The number of halogens is 1. The van der Waals surface area contributed by atoms with Crippen LogP contribution >= 0.6 is 22.9 Å². The minimum atomic E-state index is -0.669. The van der Waals surface area contributed by atoms with Gasteiger partial charge in [-0.2, -0.15) is 0 Å². The molecule has 1 aliphatic carbocycles. The Bertz CT molecular complexity index is 476. The summed E-state index contributed by atoms with van der Waals surface area (Å²) in [5.74, 6) is -0.0951. The van der Waals surface area contributed by atoms with Crippen molar-refractivity contribution in [2.45, 2.75) is 50.7 Å². The Morgan fingerprint density at radius 1 is 1.47 bits per heavy atom. The molecule has 2 aliphatic rings. The lowest BCUT2D eigenvalue weighted by atomic mass is 9.85. The van der Waals surface area contributed by atoms with Gasteiger partial charge in [0, 0.05) is 22.8 Å². The molecular formula is C14H18ClNO2S. The highest BCUT2D eigenvalue weighted by Crippen LogP contribution is 2.41. The molecule has 0 radical (unpaired) electrons. The third-order valence-electron chi connectivity index (χ3n) is 4.47. The van der Waals surface area contributed by atoms with Crippen molar-refractivity contribution in [1.82, 2.24) is 4.90 Å². The Labute approximate surface area is 122 Å². The average Bonchev–Trinajstić information content (AvgIpc) is 2.95. The Hall–Kier alpha value is -0.580. The molecule has 5 heteroatoms. The highest BCUT2D eigenvalue weighted by molar-refractivity contribution is 7.10. The van der Waals surface area contributed by atoms with Crippen molar-refractivity contribution in [2.24, 2.45) is 5.92 Å². The number of carbonyl (C=O) groups is 1. The normalized spacial score (nSPS) is 31.3. The quantitative estimate of drug-likeness (QED) is 0.927. The maximum atomic E-state index is 11.5. The lowest BCUT2D eigenvalue weighted by Gasteiger charge is -2.32. The molecule has 0 amide bonds. The van der Waals surface area contributed by atoms with Crippen LogP contribution in [-0.4, -0.2) is 28.1 Å². The van der Waals surface area contributed by atoms with Gasteiger partial charge in [-0.25, -0.2) is 0 Å². The summed E-state index contributed by atoms with van der Waals surface area (Å²) in [5, 5.41) is 12.1. The van der Waals surface area contributed by atoms with Gasteiger partial charge in [-0.3, -0.25) is 9.69 Å². The van der Waals surface area contributed by atoms with Crippen LogP contribution in [0.1, 0.15) is 37.0 Å².